The molecule has 15 heavy (non-hydrogen) atoms. The Morgan fingerprint density at radius 1 is 1.53 bits per heavy atom. The van der Waals surface area contributed by atoms with Gasteiger partial charge in [-0.2, -0.15) is 0 Å². The van der Waals surface area contributed by atoms with Crippen LogP contribution in [0.1, 0.15) is 41.6 Å². The zero-order valence-corrected chi connectivity index (χ0v) is 10.1. The molecule has 2 aliphatic rings. The van der Waals surface area contributed by atoms with Crippen LogP contribution < -0.4 is 5.73 Å². The zero-order valence-electron chi connectivity index (χ0n) is 9.26. The van der Waals surface area contributed by atoms with Crippen molar-refractivity contribution in [1.29, 1.82) is 0 Å². The molecule has 0 aliphatic heterocycles. The van der Waals surface area contributed by atoms with Crippen molar-refractivity contribution in [2.24, 2.45) is 17.1 Å². The fraction of sp³-hybridized carbons (Fsp3) is 0.583. The average molecular weight is 221 g/mol. The van der Waals surface area contributed by atoms with Gasteiger partial charge in [-0.25, -0.2) is 0 Å². The molecular formula is C12H15NOS. The lowest BCUT2D eigenvalue weighted by atomic mass is 9.89. The third kappa shape index (κ3) is 0.805. The molecular weight excluding hydrogens is 206 g/mol. The smallest absolute Gasteiger partial charge is 0.259 e. The molecule has 3 heteroatoms. The van der Waals surface area contributed by atoms with Crippen molar-refractivity contribution in [1.82, 2.24) is 0 Å². The van der Waals surface area contributed by atoms with Gasteiger partial charge in [-0.15, -0.1) is 11.3 Å². The van der Waals surface area contributed by atoms with Gasteiger partial charge in [-0.3, -0.25) is 4.79 Å². The minimum atomic E-state index is -0.260. The van der Waals surface area contributed by atoms with Gasteiger partial charge in [-0.1, -0.05) is 20.8 Å². The summed E-state index contributed by atoms with van der Waals surface area (Å²) in [6.45, 7) is 6.96. The standard InChI is InChI=1S/C12H15NOS/c1-11(2)8-4-6-7(12(8,11)3)5-15-9(6)10(13)14/h5,8H,4H2,1-3H3,(H2,13,14). The van der Waals surface area contributed by atoms with Gasteiger partial charge in [0.25, 0.3) is 5.91 Å². The summed E-state index contributed by atoms with van der Waals surface area (Å²) in [5.74, 6) is 0.449. The van der Waals surface area contributed by atoms with Gasteiger partial charge in [0, 0.05) is 5.41 Å². The van der Waals surface area contributed by atoms with Crippen molar-refractivity contribution < 1.29 is 4.79 Å². The third-order valence-corrected chi connectivity index (χ3v) is 5.95. The zero-order chi connectivity index (χ0) is 11.0. The lowest BCUT2D eigenvalue weighted by Gasteiger charge is -2.14. The van der Waals surface area contributed by atoms with E-state index in [1.165, 1.54) is 22.5 Å². The summed E-state index contributed by atoms with van der Waals surface area (Å²) < 4.78 is 0. The number of amides is 1. The van der Waals surface area contributed by atoms with E-state index in [1.54, 1.807) is 0 Å². The molecule has 0 radical (unpaired) electrons. The number of hydrogen-bond donors (Lipinski definition) is 1. The second kappa shape index (κ2) is 2.29. The topological polar surface area (TPSA) is 43.1 Å². The van der Waals surface area contributed by atoms with Crippen LogP contribution in [0.2, 0.25) is 0 Å². The Morgan fingerprint density at radius 2 is 2.20 bits per heavy atom. The van der Waals surface area contributed by atoms with Crippen LogP contribution >= 0.6 is 11.3 Å². The van der Waals surface area contributed by atoms with Crippen LogP contribution in [0.15, 0.2) is 5.38 Å². The lowest BCUT2D eigenvalue weighted by Crippen LogP contribution is -2.13. The second-order valence-corrected chi connectivity index (χ2v) is 6.38. The Labute approximate surface area is 93.5 Å². The van der Waals surface area contributed by atoms with Gasteiger partial charge in [0.2, 0.25) is 0 Å². The number of thiophene rings is 1. The van der Waals surface area contributed by atoms with E-state index >= 15 is 0 Å². The molecule has 0 saturated heterocycles. The fourth-order valence-electron chi connectivity index (χ4n) is 3.53. The maximum Gasteiger partial charge on any atom is 0.259 e. The van der Waals surface area contributed by atoms with Crippen molar-refractivity contribution in [3.8, 4) is 0 Å². The monoisotopic (exact) mass is 221 g/mol. The van der Waals surface area contributed by atoms with E-state index in [-0.39, 0.29) is 5.91 Å². The molecule has 2 N–H and O–H groups in total. The van der Waals surface area contributed by atoms with Crippen LogP contribution in [0.3, 0.4) is 0 Å². The average Bonchev–Trinajstić information content (AvgIpc) is 2.57. The molecule has 1 saturated carbocycles. The molecule has 0 aromatic carbocycles. The van der Waals surface area contributed by atoms with Gasteiger partial charge in [0.1, 0.15) is 0 Å². The summed E-state index contributed by atoms with van der Waals surface area (Å²) in [4.78, 5) is 12.0. The van der Waals surface area contributed by atoms with Gasteiger partial charge < -0.3 is 5.73 Å². The molecule has 0 bridgehead atoms. The van der Waals surface area contributed by atoms with E-state index in [0.717, 1.165) is 11.3 Å². The molecule has 3 rings (SSSR count). The molecule has 0 spiro atoms. The van der Waals surface area contributed by atoms with Gasteiger partial charge in [0.05, 0.1) is 4.88 Å². The van der Waals surface area contributed by atoms with E-state index in [4.69, 9.17) is 5.73 Å². The number of carbonyl (C=O) groups excluding carboxylic acids is 1. The highest BCUT2D eigenvalue weighted by Gasteiger charge is 2.72. The first-order valence-corrected chi connectivity index (χ1v) is 6.19. The quantitative estimate of drug-likeness (QED) is 0.777. The molecule has 80 valence electrons. The number of rotatable bonds is 1. The summed E-state index contributed by atoms with van der Waals surface area (Å²) in [5, 5.41) is 2.14. The first-order valence-electron chi connectivity index (χ1n) is 5.31. The Kier molecular flexibility index (Phi) is 1.44. The Morgan fingerprint density at radius 3 is 2.80 bits per heavy atom. The highest BCUT2D eigenvalue weighted by molar-refractivity contribution is 7.12. The predicted molar refractivity (Wildman–Crippen MR) is 61.2 cm³/mol. The molecule has 1 aromatic rings. The summed E-state index contributed by atoms with van der Waals surface area (Å²) in [7, 11) is 0. The highest BCUT2D eigenvalue weighted by Crippen LogP contribution is 2.75. The largest absolute Gasteiger partial charge is 0.365 e. The van der Waals surface area contributed by atoms with Crippen molar-refractivity contribution in [2.75, 3.05) is 0 Å². The summed E-state index contributed by atoms with van der Waals surface area (Å²) in [6, 6.07) is 0. The van der Waals surface area contributed by atoms with Gasteiger partial charge in [0.15, 0.2) is 0 Å². The van der Waals surface area contributed by atoms with Crippen molar-refractivity contribution in [2.45, 2.75) is 32.6 Å². The Bertz CT molecular complexity index is 474. The van der Waals surface area contributed by atoms with E-state index in [1.807, 2.05) is 0 Å². The van der Waals surface area contributed by atoms with Crippen molar-refractivity contribution in [3.63, 3.8) is 0 Å². The van der Waals surface area contributed by atoms with Crippen LogP contribution in [0.4, 0.5) is 0 Å². The minimum Gasteiger partial charge on any atom is -0.365 e. The Balaban J connectivity index is 2.14. The first-order chi connectivity index (χ1) is 6.90. The number of nitrogens with two attached hydrogens (primary N) is 1. The second-order valence-electron chi connectivity index (χ2n) is 5.50. The maximum absolute atomic E-state index is 11.2. The molecule has 2 aliphatic carbocycles. The van der Waals surface area contributed by atoms with Crippen molar-refractivity contribution in [3.05, 3.63) is 21.4 Å². The number of fused-ring (bicyclic) bond motifs is 3. The van der Waals surface area contributed by atoms with Gasteiger partial charge in [-0.05, 0) is 34.3 Å². The molecule has 2 unspecified atom stereocenters. The van der Waals surface area contributed by atoms with Crippen LogP contribution in [-0.2, 0) is 11.8 Å². The third-order valence-electron chi connectivity index (χ3n) is 4.91. The lowest BCUT2D eigenvalue weighted by molar-refractivity contribution is 0.100. The molecule has 1 aromatic heterocycles. The Hall–Kier alpha value is -0.830. The summed E-state index contributed by atoms with van der Waals surface area (Å²) in [5.41, 5.74) is 8.69. The van der Waals surface area contributed by atoms with Gasteiger partial charge >= 0.3 is 0 Å². The van der Waals surface area contributed by atoms with Crippen LogP contribution in [0.25, 0.3) is 0 Å². The number of primary amides is 1. The molecule has 2 nitrogen and oxygen atoms in total. The summed E-state index contributed by atoms with van der Waals surface area (Å²) in [6.07, 6.45) is 1.04. The minimum absolute atomic E-state index is 0.260. The highest BCUT2D eigenvalue weighted by atomic mass is 32.1. The predicted octanol–water partition coefficient (Wildman–Crippen LogP) is 2.32. The van der Waals surface area contributed by atoms with Crippen LogP contribution in [-0.4, -0.2) is 5.91 Å². The fourth-order valence-corrected chi connectivity index (χ4v) is 4.60. The molecule has 2 atom stereocenters. The van der Waals surface area contributed by atoms with Crippen LogP contribution in [0, 0.1) is 11.3 Å². The number of carbonyl (C=O) groups is 1. The SMILES string of the molecule is CC1(C)C2Cc3c(csc3C(N)=O)C21C. The van der Waals surface area contributed by atoms with E-state index in [0.29, 0.717) is 16.7 Å². The van der Waals surface area contributed by atoms with Crippen molar-refractivity contribution >= 4 is 17.2 Å². The number of hydrogen-bond acceptors (Lipinski definition) is 2. The maximum atomic E-state index is 11.2. The van der Waals surface area contributed by atoms with E-state index in [9.17, 15) is 4.79 Å². The van der Waals surface area contributed by atoms with E-state index < -0.39 is 0 Å². The first kappa shape index (κ1) is 9.40. The molecule has 1 heterocycles. The summed E-state index contributed by atoms with van der Waals surface area (Å²) >= 11 is 1.52. The van der Waals surface area contributed by atoms with E-state index in [2.05, 4.69) is 26.2 Å². The normalized spacial score (nSPS) is 34.7. The molecule has 1 amide bonds. The van der Waals surface area contributed by atoms with Crippen LogP contribution in [0.5, 0.6) is 0 Å². The molecule has 1 fully saturated rings.